The van der Waals surface area contributed by atoms with Crippen molar-refractivity contribution in [2.45, 2.75) is 6.42 Å². The average molecular weight is 251 g/mol. The first-order valence-electron chi connectivity index (χ1n) is 5.88. The molecule has 0 bridgehead atoms. The maximum atomic E-state index is 12.0. The molecule has 1 aromatic rings. The number of anilines is 1. The predicted molar refractivity (Wildman–Crippen MR) is 65.8 cm³/mol. The Balaban J connectivity index is 2.01. The van der Waals surface area contributed by atoms with Crippen molar-refractivity contribution in [1.82, 2.24) is 14.7 Å². The maximum absolute atomic E-state index is 12.0. The quantitative estimate of drug-likeness (QED) is 0.742. The van der Waals surface area contributed by atoms with E-state index in [1.165, 1.54) is 0 Å². The molecule has 2 N–H and O–H groups in total. The third kappa shape index (κ3) is 2.51. The standard InChI is InChI=1S/C11H17N5O2/c1-14-7-9(6-13-14)16-5-4-15(8-11(16)18)10(17)2-3-12/h6-7H,2-5,8,12H2,1H3. The van der Waals surface area contributed by atoms with Crippen LogP contribution in [0.25, 0.3) is 0 Å². The molecule has 0 atom stereocenters. The monoisotopic (exact) mass is 251 g/mol. The Bertz CT molecular complexity index is 456. The summed E-state index contributed by atoms with van der Waals surface area (Å²) in [6.45, 7) is 1.48. The Labute approximate surface area is 105 Å². The van der Waals surface area contributed by atoms with Gasteiger partial charge in [-0.2, -0.15) is 5.10 Å². The van der Waals surface area contributed by atoms with Crippen LogP contribution in [0.1, 0.15) is 6.42 Å². The fraction of sp³-hybridized carbons (Fsp3) is 0.545. The SMILES string of the molecule is Cn1cc(N2CCN(C(=O)CCN)CC2=O)cn1. The summed E-state index contributed by atoms with van der Waals surface area (Å²) in [6.07, 6.45) is 3.73. The van der Waals surface area contributed by atoms with Crippen LogP contribution in [0.3, 0.4) is 0 Å². The van der Waals surface area contributed by atoms with Crippen LogP contribution in [0, 0.1) is 0 Å². The summed E-state index contributed by atoms with van der Waals surface area (Å²) in [4.78, 5) is 26.8. The second-order valence-corrected chi connectivity index (χ2v) is 4.27. The third-order valence-corrected chi connectivity index (χ3v) is 2.93. The van der Waals surface area contributed by atoms with Crippen LogP contribution in [0.4, 0.5) is 5.69 Å². The second-order valence-electron chi connectivity index (χ2n) is 4.27. The maximum Gasteiger partial charge on any atom is 0.246 e. The number of carbonyl (C=O) groups excluding carboxylic acids is 2. The first-order valence-corrected chi connectivity index (χ1v) is 5.88. The molecule has 2 rings (SSSR count). The van der Waals surface area contributed by atoms with Gasteiger partial charge in [0.05, 0.1) is 11.9 Å². The molecule has 98 valence electrons. The van der Waals surface area contributed by atoms with Crippen molar-refractivity contribution < 1.29 is 9.59 Å². The number of aromatic nitrogens is 2. The van der Waals surface area contributed by atoms with E-state index in [0.717, 1.165) is 5.69 Å². The highest BCUT2D eigenvalue weighted by Gasteiger charge is 2.28. The summed E-state index contributed by atoms with van der Waals surface area (Å²) >= 11 is 0. The van der Waals surface area contributed by atoms with Gasteiger partial charge in [0.1, 0.15) is 6.54 Å². The first-order chi connectivity index (χ1) is 8.61. The van der Waals surface area contributed by atoms with Crippen molar-refractivity contribution in [3.8, 4) is 0 Å². The second kappa shape index (κ2) is 5.18. The Kier molecular flexibility index (Phi) is 3.61. The third-order valence-electron chi connectivity index (χ3n) is 2.93. The summed E-state index contributed by atoms with van der Waals surface area (Å²) in [7, 11) is 1.80. The van der Waals surface area contributed by atoms with E-state index in [1.54, 1.807) is 33.9 Å². The zero-order valence-electron chi connectivity index (χ0n) is 10.4. The van der Waals surface area contributed by atoms with E-state index in [-0.39, 0.29) is 18.4 Å². The van der Waals surface area contributed by atoms with E-state index in [2.05, 4.69) is 5.10 Å². The zero-order chi connectivity index (χ0) is 13.1. The number of nitrogens with zero attached hydrogens (tertiary/aromatic N) is 4. The fourth-order valence-corrected chi connectivity index (χ4v) is 1.99. The molecule has 1 aliphatic rings. The molecule has 18 heavy (non-hydrogen) atoms. The topological polar surface area (TPSA) is 84.5 Å². The highest BCUT2D eigenvalue weighted by Crippen LogP contribution is 2.16. The minimum Gasteiger partial charge on any atom is -0.332 e. The van der Waals surface area contributed by atoms with Gasteiger partial charge < -0.3 is 15.5 Å². The number of amides is 2. The normalized spacial score (nSPS) is 16.2. The van der Waals surface area contributed by atoms with Crippen LogP contribution in [-0.2, 0) is 16.6 Å². The molecule has 0 aliphatic carbocycles. The Morgan fingerprint density at radius 2 is 2.28 bits per heavy atom. The lowest BCUT2D eigenvalue weighted by Gasteiger charge is -2.33. The number of rotatable bonds is 3. The van der Waals surface area contributed by atoms with Crippen LogP contribution < -0.4 is 10.6 Å². The zero-order valence-corrected chi connectivity index (χ0v) is 10.4. The largest absolute Gasteiger partial charge is 0.332 e. The first kappa shape index (κ1) is 12.6. The molecular weight excluding hydrogens is 234 g/mol. The van der Waals surface area contributed by atoms with Gasteiger partial charge in [0.25, 0.3) is 0 Å². The van der Waals surface area contributed by atoms with Gasteiger partial charge in [-0.1, -0.05) is 0 Å². The summed E-state index contributed by atoms with van der Waals surface area (Å²) in [5, 5.41) is 4.04. The van der Waals surface area contributed by atoms with Gasteiger partial charge in [-0.25, -0.2) is 0 Å². The van der Waals surface area contributed by atoms with Gasteiger partial charge in [0.2, 0.25) is 11.8 Å². The highest BCUT2D eigenvalue weighted by molar-refractivity contribution is 5.97. The minimum absolute atomic E-state index is 0.0586. The number of hydrogen-bond donors (Lipinski definition) is 1. The molecule has 2 amide bonds. The van der Waals surface area contributed by atoms with E-state index in [0.29, 0.717) is 26.1 Å². The molecule has 0 spiro atoms. The van der Waals surface area contributed by atoms with Gasteiger partial charge in [0.15, 0.2) is 0 Å². The van der Waals surface area contributed by atoms with E-state index in [1.807, 2.05) is 0 Å². The summed E-state index contributed by atoms with van der Waals surface area (Å²) in [6, 6.07) is 0. The number of carbonyl (C=O) groups is 2. The molecule has 7 heteroatoms. The van der Waals surface area contributed by atoms with Crippen LogP contribution in [0.2, 0.25) is 0 Å². The van der Waals surface area contributed by atoms with Crippen molar-refractivity contribution in [3.63, 3.8) is 0 Å². The smallest absolute Gasteiger partial charge is 0.246 e. The number of aryl methyl sites for hydroxylation is 1. The predicted octanol–water partition coefficient (Wildman–Crippen LogP) is -1.06. The minimum atomic E-state index is -0.0837. The molecule has 0 saturated carbocycles. The molecule has 1 aromatic heterocycles. The summed E-state index contributed by atoms with van der Waals surface area (Å²) < 4.78 is 1.65. The average Bonchev–Trinajstić information content (AvgIpc) is 2.76. The lowest BCUT2D eigenvalue weighted by Crippen LogP contribution is -2.52. The summed E-state index contributed by atoms with van der Waals surface area (Å²) in [5.74, 6) is -0.142. The Morgan fingerprint density at radius 3 is 2.83 bits per heavy atom. The molecular formula is C11H17N5O2. The van der Waals surface area contributed by atoms with Gasteiger partial charge in [-0.05, 0) is 0 Å². The van der Waals surface area contributed by atoms with Crippen LogP contribution >= 0.6 is 0 Å². The number of hydrogen-bond acceptors (Lipinski definition) is 4. The molecule has 1 aliphatic heterocycles. The lowest BCUT2D eigenvalue weighted by molar-refractivity contribution is -0.136. The van der Waals surface area contributed by atoms with Crippen molar-refractivity contribution in [3.05, 3.63) is 12.4 Å². The van der Waals surface area contributed by atoms with Crippen molar-refractivity contribution >= 4 is 17.5 Å². The Hall–Kier alpha value is -1.89. The van der Waals surface area contributed by atoms with Crippen LogP contribution in [0.5, 0.6) is 0 Å². The van der Waals surface area contributed by atoms with Crippen LogP contribution in [-0.4, -0.2) is 52.7 Å². The van der Waals surface area contributed by atoms with Crippen LogP contribution in [0.15, 0.2) is 12.4 Å². The molecule has 1 fully saturated rings. The number of piperazine rings is 1. The van der Waals surface area contributed by atoms with E-state index < -0.39 is 0 Å². The van der Waals surface area contributed by atoms with Crippen molar-refractivity contribution in [2.75, 3.05) is 31.1 Å². The van der Waals surface area contributed by atoms with E-state index >= 15 is 0 Å². The molecule has 0 unspecified atom stereocenters. The highest BCUT2D eigenvalue weighted by atomic mass is 16.2. The fourth-order valence-electron chi connectivity index (χ4n) is 1.99. The molecule has 2 heterocycles. The molecule has 1 saturated heterocycles. The van der Waals surface area contributed by atoms with Gasteiger partial charge in [0, 0.05) is 39.3 Å². The van der Waals surface area contributed by atoms with Crippen molar-refractivity contribution in [1.29, 1.82) is 0 Å². The molecule has 0 radical (unpaired) electrons. The van der Waals surface area contributed by atoms with Gasteiger partial charge in [-0.3, -0.25) is 14.3 Å². The van der Waals surface area contributed by atoms with Crippen molar-refractivity contribution in [2.24, 2.45) is 12.8 Å². The van der Waals surface area contributed by atoms with E-state index in [9.17, 15) is 9.59 Å². The molecule has 0 aromatic carbocycles. The van der Waals surface area contributed by atoms with Gasteiger partial charge >= 0.3 is 0 Å². The molecule has 7 nitrogen and oxygen atoms in total. The lowest BCUT2D eigenvalue weighted by atomic mass is 10.2. The van der Waals surface area contributed by atoms with Gasteiger partial charge in [-0.15, -0.1) is 0 Å². The van der Waals surface area contributed by atoms with E-state index in [4.69, 9.17) is 5.73 Å². The number of nitrogens with two attached hydrogens (primary N) is 1. The Morgan fingerprint density at radius 1 is 1.50 bits per heavy atom. The summed E-state index contributed by atoms with van der Waals surface area (Å²) in [5.41, 5.74) is 6.11.